The summed E-state index contributed by atoms with van der Waals surface area (Å²) in [7, 11) is -1.35. The van der Waals surface area contributed by atoms with E-state index in [9.17, 15) is 8.42 Å². The fourth-order valence-electron chi connectivity index (χ4n) is 3.34. The van der Waals surface area contributed by atoms with Gasteiger partial charge < -0.3 is 0 Å². The minimum atomic E-state index is -3.23. The molecule has 2 aromatic heterocycles. The molecule has 0 unspecified atom stereocenters. The summed E-state index contributed by atoms with van der Waals surface area (Å²) in [6.45, 7) is 1.62. The average molecular weight is 349 g/mol. The lowest BCUT2D eigenvalue weighted by molar-refractivity contribution is 0.230. The first-order chi connectivity index (χ1) is 11.4. The number of rotatable bonds is 6. The highest BCUT2D eigenvalue weighted by Gasteiger charge is 2.35. The molecule has 0 saturated carbocycles. The number of pyridine rings is 1. The quantitative estimate of drug-likeness (QED) is 0.824. The molecule has 0 aromatic carbocycles. The van der Waals surface area contributed by atoms with Gasteiger partial charge in [0.15, 0.2) is 0 Å². The highest BCUT2D eigenvalue weighted by Crippen LogP contribution is 2.24. The predicted octanol–water partition coefficient (Wildman–Crippen LogP) is 0.550. The summed E-state index contributed by atoms with van der Waals surface area (Å²) in [6.07, 6.45) is 10.2. The molecule has 0 spiro atoms. The second kappa shape index (κ2) is 7.00. The zero-order chi connectivity index (χ0) is 17.2. The lowest BCUT2D eigenvalue weighted by Crippen LogP contribution is -2.45. The van der Waals surface area contributed by atoms with Gasteiger partial charge in [-0.15, -0.1) is 0 Å². The van der Waals surface area contributed by atoms with Crippen LogP contribution in [0.1, 0.15) is 17.5 Å². The molecular formula is C16H23N5O2S. The van der Waals surface area contributed by atoms with Crippen molar-refractivity contribution >= 4 is 10.0 Å². The van der Waals surface area contributed by atoms with E-state index in [1.165, 1.54) is 6.26 Å². The number of nitrogens with zero attached hydrogens (tertiary/aromatic N) is 4. The minimum Gasteiger partial charge on any atom is -0.294 e. The van der Waals surface area contributed by atoms with Crippen molar-refractivity contribution in [3.8, 4) is 0 Å². The zero-order valence-corrected chi connectivity index (χ0v) is 14.8. The Morgan fingerprint density at radius 1 is 1.33 bits per heavy atom. The summed E-state index contributed by atoms with van der Waals surface area (Å²) in [5.41, 5.74) is 2.24. The van der Waals surface area contributed by atoms with Gasteiger partial charge in [-0.3, -0.25) is 14.6 Å². The normalized spacial score (nSPS) is 22.1. The smallest absolute Gasteiger partial charge is 0.209 e. The Morgan fingerprint density at radius 2 is 2.17 bits per heavy atom. The Balaban J connectivity index is 1.78. The third-order valence-electron chi connectivity index (χ3n) is 4.34. The lowest BCUT2D eigenvalue weighted by atomic mass is 10.0. The molecule has 130 valence electrons. The van der Waals surface area contributed by atoms with Gasteiger partial charge in [-0.05, 0) is 30.0 Å². The first-order valence-corrected chi connectivity index (χ1v) is 9.87. The van der Waals surface area contributed by atoms with Crippen molar-refractivity contribution < 1.29 is 8.42 Å². The van der Waals surface area contributed by atoms with Crippen LogP contribution < -0.4 is 4.72 Å². The average Bonchev–Trinajstić information content (AvgIpc) is 3.07. The van der Waals surface area contributed by atoms with E-state index in [0.717, 1.165) is 37.1 Å². The topological polar surface area (TPSA) is 80.1 Å². The number of hydrogen-bond acceptors (Lipinski definition) is 5. The van der Waals surface area contributed by atoms with E-state index in [0.29, 0.717) is 0 Å². The van der Waals surface area contributed by atoms with E-state index in [1.807, 2.05) is 37.8 Å². The van der Waals surface area contributed by atoms with E-state index < -0.39 is 10.0 Å². The molecule has 3 heterocycles. The van der Waals surface area contributed by atoms with Crippen LogP contribution in [-0.2, 0) is 30.0 Å². The van der Waals surface area contributed by atoms with Crippen molar-refractivity contribution in [1.82, 2.24) is 24.4 Å². The van der Waals surface area contributed by atoms with E-state index in [2.05, 4.69) is 19.7 Å². The van der Waals surface area contributed by atoms with Crippen molar-refractivity contribution in [1.29, 1.82) is 0 Å². The summed E-state index contributed by atoms with van der Waals surface area (Å²) in [5, 5.41) is 4.22. The molecular weight excluding hydrogens is 326 g/mol. The highest BCUT2D eigenvalue weighted by molar-refractivity contribution is 7.88. The fourth-order valence-corrected chi connectivity index (χ4v) is 4.17. The highest BCUT2D eigenvalue weighted by atomic mass is 32.2. The van der Waals surface area contributed by atoms with Crippen molar-refractivity contribution in [3.05, 3.63) is 48.0 Å². The largest absolute Gasteiger partial charge is 0.294 e. The maximum Gasteiger partial charge on any atom is 0.209 e. The Morgan fingerprint density at radius 3 is 2.79 bits per heavy atom. The van der Waals surface area contributed by atoms with Crippen LogP contribution in [0.2, 0.25) is 0 Å². The van der Waals surface area contributed by atoms with Crippen LogP contribution in [0.25, 0.3) is 0 Å². The maximum atomic E-state index is 11.7. The summed E-state index contributed by atoms with van der Waals surface area (Å²) in [6, 6.07) is 3.99. The van der Waals surface area contributed by atoms with E-state index in [1.54, 1.807) is 10.9 Å². The molecule has 1 aliphatic rings. The first-order valence-electron chi connectivity index (χ1n) is 7.98. The van der Waals surface area contributed by atoms with Crippen LogP contribution in [0.3, 0.4) is 0 Å². The van der Waals surface area contributed by atoms with Crippen LogP contribution in [0.5, 0.6) is 0 Å². The Hall–Kier alpha value is -1.77. The van der Waals surface area contributed by atoms with Crippen LogP contribution in [-0.4, -0.2) is 53.0 Å². The predicted molar refractivity (Wildman–Crippen MR) is 91.7 cm³/mol. The number of hydrogen-bond donors (Lipinski definition) is 1. The minimum absolute atomic E-state index is 0.0862. The lowest BCUT2D eigenvalue weighted by Gasteiger charge is -2.28. The SMILES string of the molecule is Cn1cc(C[C@H]2[C@H](NS(C)(=O)=O)CCN2Cc2cccnc2)cn1. The molecule has 0 bridgehead atoms. The number of likely N-dealkylation sites (tertiary alicyclic amines) is 1. The Labute approximate surface area is 142 Å². The molecule has 0 aliphatic carbocycles. The van der Waals surface area contributed by atoms with Gasteiger partial charge in [0, 0.05) is 50.8 Å². The van der Waals surface area contributed by atoms with Crippen molar-refractivity contribution in [2.45, 2.75) is 31.5 Å². The number of aromatic nitrogens is 3. The van der Waals surface area contributed by atoms with Crippen molar-refractivity contribution in [3.63, 3.8) is 0 Å². The van der Waals surface area contributed by atoms with E-state index in [-0.39, 0.29) is 12.1 Å². The molecule has 2 aromatic rings. The van der Waals surface area contributed by atoms with E-state index >= 15 is 0 Å². The molecule has 1 N–H and O–H groups in total. The number of aryl methyl sites for hydroxylation is 1. The standard InChI is InChI=1S/C16H23N5O2S/c1-20-11-14(10-18-20)8-16-15(19-24(2,22)23)5-7-21(16)12-13-4-3-6-17-9-13/h3-4,6,9-11,15-16,19H,5,7-8,12H2,1-2H3/t15-,16+/m1/s1. The zero-order valence-electron chi connectivity index (χ0n) is 14.0. The number of sulfonamides is 1. The van der Waals surface area contributed by atoms with Crippen molar-refractivity contribution in [2.24, 2.45) is 7.05 Å². The Kier molecular flexibility index (Phi) is 4.98. The van der Waals surface area contributed by atoms with Gasteiger partial charge in [-0.25, -0.2) is 13.1 Å². The molecule has 1 fully saturated rings. The molecule has 1 saturated heterocycles. The number of nitrogens with one attached hydrogen (secondary N) is 1. The molecule has 1 aliphatic heterocycles. The van der Waals surface area contributed by atoms with Gasteiger partial charge in [-0.2, -0.15) is 5.10 Å². The van der Waals surface area contributed by atoms with Crippen LogP contribution in [0.15, 0.2) is 36.9 Å². The summed E-state index contributed by atoms with van der Waals surface area (Å²) >= 11 is 0. The van der Waals surface area contributed by atoms with Gasteiger partial charge in [0.2, 0.25) is 10.0 Å². The molecule has 3 rings (SSSR count). The molecule has 2 atom stereocenters. The third kappa shape index (κ3) is 4.40. The molecule has 8 heteroatoms. The molecule has 0 amide bonds. The fraction of sp³-hybridized carbons (Fsp3) is 0.500. The maximum absolute atomic E-state index is 11.7. The second-order valence-corrected chi connectivity index (χ2v) is 8.19. The first kappa shape index (κ1) is 17.1. The molecule has 24 heavy (non-hydrogen) atoms. The molecule has 0 radical (unpaired) electrons. The summed E-state index contributed by atoms with van der Waals surface area (Å²) < 4.78 is 28.0. The monoisotopic (exact) mass is 349 g/mol. The summed E-state index contributed by atoms with van der Waals surface area (Å²) in [5.74, 6) is 0. The molecule has 7 nitrogen and oxygen atoms in total. The van der Waals surface area contributed by atoms with Gasteiger partial charge in [0.25, 0.3) is 0 Å². The van der Waals surface area contributed by atoms with Crippen LogP contribution in [0, 0.1) is 0 Å². The van der Waals surface area contributed by atoms with E-state index in [4.69, 9.17) is 0 Å². The van der Waals surface area contributed by atoms with Gasteiger partial charge in [-0.1, -0.05) is 6.07 Å². The van der Waals surface area contributed by atoms with Crippen molar-refractivity contribution in [2.75, 3.05) is 12.8 Å². The third-order valence-corrected chi connectivity index (χ3v) is 5.07. The van der Waals surface area contributed by atoms with Gasteiger partial charge >= 0.3 is 0 Å². The van der Waals surface area contributed by atoms with Crippen LogP contribution >= 0.6 is 0 Å². The summed E-state index contributed by atoms with van der Waals surface area (Å²) in [4.78, 5) is 6.49. The van der Waals surface area contributed by atoms with Gasteiger partial charge in [0.05, 0.1) is 12.5 Å². The van der Waals surface area contributed by atoms with Gasteiger partial charge in [0.1, 0.15) is 0 Å². The Bertz CT molecular complexity index is 775. The van der Waals surface area contributed by atoms with Crippen LogP contribution in [0.4, 0.5) is 0 Å². The second-order valence-electron chi connectivity index (χ2n) is 6.41.